The van der Waals surface area contributed by atoms with Gasteiger partial charge in [-0.25, -0.2) is 0 Å². The zero-order chi connectivity index (χ0) is 33.5. The van der Waals surface area contributed by atoms with E-state index in [9.17, 15) is 15.0 Å². The third kappa shape index (κ3) is 8.16. The molecule has 0 atom stereocenters. The number of aromatic hydroxyl groups is 2. The molecule has 0 unspecified atom stereocenters. The largest absolute Gasteiger partial charge is 0.507 e. The number of carbonyl (C=O) groups is 1. The van der Waals surface area contributed by atoms with Crippen LogP contribution in [-0.4, -0.2) is 45.2 Å². The maximum absolute atomic E-state index is 13.2. The Bertz CT molecular complexity index is 1800. The predicted molar refractivity (Wildman–Crippen MR) is 195 cm³/mol. The van der Waals surface area contributed by atoms with Crippen LogP contribution in [0.15, 0.2) is 84.9 Å². The van der Waals surface area contributed by atoms with Crippen molar-refractivity contribution in [3.63, 3.8) is 0 Å². The number of aryl methyl sites for hydroxylation is 2. The molecule has 1 heterocycles. The van der Waals surface area contributed by atoms with Crippen molar-refractivity contribution >= 4 is 33.9 Å². The van der Waals surface area contributed by atoms with Gasteiger partial charge in [0.05, 0.1) is 5.56 Å². The normalized spacial score (nSPS) is 11.5. The number of fused-ring (bicyclic) bond motifs is 1. The van der Waals surface area contributed by atoms with Crippen molar-refractivity contribution in [2.45, 2.75) is 60.4 Å². The van der Waals surface area contributed by atoms with Crippen molar-refractivity contribution in [1.29, 1.82) is 0 Å². The molecule has 0 bridgehead atoms. The lowest BCUT2D eigenvalue weighted by Crippen LogP contribution is -2.28. The number of amides is 1. The maximum atomic E-state index is 13.2. The molecule has 4 N–H and O–H groups in total. The molecule has 7 heteroatoms. The summed E-state index contributed by atoms with van der Waals surface area (Å²) in [4.78, 5) is 15.8. The van der Waals surface area contributed by atoms with Gasteiger partial charge < -0.3 is 30.3 Å². The zero-order valence-electron chi connectivity index (χ0n) is 28.3. The quantitative estimate of drug-likeness (QED) is 0.0979. The summed E-state index contributed by atoms with van der Waals surface area (Å²) in [6, 6.07) is 25.8. The number of anilines is 3. The highest BCUT2D eigenvalue weighted by Gasteiger charge is 2.16. The van der Waals surface area contributed by atoms with Crippen molar-refractivity contribution in [2.24, 2.45) is 5.92 Å². The van der Waals surface area contributed by atoms with Crippen molar-refractivity contribution < 1.29 is 15.0 Å². The van der Waals surface area contributed by atoms with Crippen LogP contribution in [0.2, 0.25) is 0 Å². The number of benzene rings is 4. The van der Waals surface area contributed by atoms with Gasteiger partial charge in [-0.15, -0.1) is 0 Å². The third-order valence-corrected chi connectivity index (χ3v) is 8.89. The lowest BCUT2D eigenvalue weighted by Gasteiger charge is -2.23. The second-order valence-corrected chi connectivity index (χ2v) is 12.9. The molecule has 1 aromatic heterocycles. The van der Waals surface area contributed by atoms with E-state index in [0.717, 1.165) is 43.3 Å². The van der Waals surface area contributed by atoms with E-state index in [1.165, 1.54) is 53.7 Å². The van der Waals surface area contributed by atoms with Crippen molar-refractivity contribution in [2.75, 3.05) is 30.3 Å². The first-order chi connectivity index (χ1) is 22.6. The van der Waals surface area contributed by atoms with Crippen LogP contribution in [0, 0.1) is 19.8 Å². The number of hydrogen-bond acceptors (Lipinski definition) is 5. The molecule has 0 spiro atoms. The van der Waals surface area contributed by atoms with Gasteiger partial charge in [-0.05, 0) is 106 Å². The summed E-state index contributed by atoms with van der Waals surface area (Å²) >= 11 is 0. The molecule has 47 heavy (non-hydrogen) atoms. The van der Waals surface area contributed by atoms with E-state index in [0.29, 0.717) is 22.4 Å². The van der Waals surface area contributed by atoms with E-state index in [2.05, 4.69) is 72.9 Å². The SMILES string of the molecule is CCCN(CCCn1c(C)c(C)c2cc(Nc3cccc(C(=O)Nc4cc(O)c(-c5ccccc5)c(O)c4)c3)ccc21)CCC(C)C. The first kappa shape index (κ1) is 33.6. The molecular weight excluding hydrogens is 584 g/mol. The number of rotatable bonds is 14. The number of hydrogen-bond donors (Lipinski definition) is 4. The van der Waals surface area contributed by atoms with Gasteiger partial charge in [0, 0.05) is 57.9 Å². The van der Waals surface area contributed by atoms with Crippen molar-refractivity contribution in [1.82, 2.24) is 9.47 Å². The highest BCUT2D eigenvalue weighted by atomic mass is 16.3. The minimum absolute atomic E-state index is 0.114. The van der Waals surface area contributed by atoms with E-state index >= 15 is 0 Å². The van der Waals surface area contributed by atoms with Crippen molar-refractivity contribution in [3.8, 4) is 22.6 Å². The lowest BCUT2D eigenvalue weighted by molar-refractivity contribution is 0.102. The second-order valence-electron chi connectivity index (χ2n) is 12.9. The van der Waals surface area contributed by atoms with Gasteiger partial charge >= 0.3 is 0 Å². The number of carbonyl (C=O) groups excluding carboxylic acids is 1. The number of phenols is 2. The van der Waals surface area contributed by atoms with E-state index in [1.54, 1.807) is 24.3 Å². The molecule has 0 aliphatic heterocycles. The van der Waals surface area contributed by atoms with Crippen LogP contribution in [0.5, 0.6) is 11.5 Å². The average molecular weight is 633 g/mol. The highest BCUT2D eigenvalue weighted by molar-refractivity contribution is 6.05. The lowest BCUT2D eigenvalue weighted by atomic mass is 10.0. The summed E-state index contributed by atoms with van der Waals surface area (Å²) in [6.45, 7) is 15.7. The average Bonchev–Trinajstić information content (AvgIpc) is 3.28. The van der Waals surface area contributed by atoms with Gasteiger partial charge in [0.1, 0.15) is 11.5 Å². The molecule has 0 radical (unpaired) electrons. The monoisotopic (exact) mass is 632 g/mol. The van der Waals surface area contributed by atoms with Gasteiger partial charge in [0.15, 0.2) is 0 Å². The van der Waals surface area contributed by atoms with Crippen molar-refractivity contribution in [3.05, 3.63) is 102 Å². The Kier molecular flexibility index (Phi) is 10.9. The minimum Gasteiger partial charge on any atom is -0.507 e. The van der Waals surface area contributed by atoms with Gasteiger partial charge in [-0.3, -0.25) is 4.79 Å². The topological polar surface area (TPSA) is 89.8 Å². The van der Waals surface area contributed by atoms with Gasteiger partial charge in [0.25, 0.3) is 5.91 Å². The second kappa shape index (κ2) is 15.2. The Morgan fingerprint density at radius 1 is 0.830 bits per heavy atom. The molecule has 246 valence electrons. The fourth-order valence-electron chi connectivity index (χ4n) is 6.25. The molecule has 5 rings (SSSR count). The van der Waals surface area contributed by atoms with E-state index in [1.807, 2.05) is 30.3 Å². The van der Waals surface area contributed by atoms with Gasteiger partial charge in [-0.2, -0.15) is 0 Å². The molecule has 1 amide bonds. The summed E-state index contributed by atoms with van der Waals surface area (Å²) in [5, 5.41) is 28.8. The van der Waals surface area contributed by atoms with E-state index in [-0.39, 0.29) is 17.4 Å². The highest BCUT2D eigenvalue weighted by Crippen LogP contribution is 2.40. The van der Waals surface area contributed by atoms with Gasteiger partial charge in [0.2, 0.25) is 0 Å². The molecule has 0 saturated carbocycles. The van der Waals surface area contributed by atoms with Crippen LogP contribution < -0.4 is 10.6 Å². The van der Waals surface area contributed by atoms with Crippen LogP contribution in [0.25, 0.3) is 22.0 Å². The van der Waals surface area contributed by atoms with Crippen LogP contribution in [0.1, 0.15) is 61.6 Å². The third-order valence-electron chi connectivity index (χ3n) is 8.89. The number of phenolic OH excluding ortho intramolecular Hbond substituents is 2. The molecular formula is C40H48N4O3. The summed E-state index contributed by atoms with van der Waals surface area (Å²) in [5.74, 6) is 0.151. The van der Waals surface area contributed by atoms with E-state index in [4.69, 9.17) is 0 Å². The van der Waals surface area contributed by atoms with Gasteiger partial charge in [-0.1, -0.05) is 57.2 Å². The Labute approximate surface area is 278 Å². The maximum Gasteiger partial charge on any atom is 0.255 e. The first-order valence-corrected chi connectivity index (χ1v) is 16.8. The summed E-state index contributed by atoms with van der Waals surface area (Å²) < 4.78 is 2.45. The van der Waals surface area contributed by atoms with Crippen LogP contribution in [-0.2, 0) is 6.54 Å². The first-order valence-electron chi connectivity index (χ1n) is 16.8. The molecule has 4 aromatic carbocycles. The molecule has 7 nitrogen and oxygen atoms in total. The zero-order valence-corrected chi connectivity index (χ0v) is 28.3. The molecule has 0 saturated heterocycles. The summed E-state index contributed by atoms with van der Waals surface area (Å²) in [5.41, 5.74) is 7.32. The van der Waals surface area contributed by atoms with E-state index < -0.39 is 0 Å². The molecule has 0 aliphatic rings. The number of nitrogens with zero attached hydrogens (tertiary/aromatic N) is 2. The van der Waals surface area contributed by atoms with Crippen LogP contribution in [0.4, 0.5) is 17.1 Å². The fraction of sp³-hybridized carbons (Fsp3) is 0.325. The summed E-state index contributed by atoms with van der Waals surface area (Å²) in [7, 11) is 0. The Morgan fingerprint density at radius 2 is 1.55 bits per heavy atom. The standard InChI is InChI=1S/C40H48N4O3/c1-6-19-43(22-18-27(2)3)20-11-21-44-29(5)28(4)35-24-33(16-17-36(35)44)41-32-15-10-14-31(23-32)40(47)42-34-25-37(45)39(38(46)26-34)30-12-8-7-9-13-30/h7-10,12-17,23-27,41,45-46H,6,11,18-22H2,1-5H3,(H,42,47). The van der Waals surface area contributed by atoms with Crippen LogP contribution in [0.3, 0.4) is 0 Å². The Balaban J connectivity index is 1.26. The molecule has 5 aromatic rings. The predicted octanol–water partition coefficient (Wildman–Crippen LogP) is 9.48. The Morgan fingerprint density at radius 3 is 2.26 bits per heavy atom. The van der Waals surface area contributed by atoms with Crippen LogP contribution >= 0.6 is 0 Å². The summed E-state index contributed by atoms with van der Waals surface area (Å²) in [6.07, 6.45) is 3.55. The smallest absolute Gasteiger partial charge is 0.255 e. The Hall–Kier alpha value is -4.75. The molecule has 0 aliphatic carbocycles. The fourth-order valence-corrected chi connectivity index (χ4v) is 6.25. The molecule has 0 fully saturated rings. The minimum atomic E-state index is -0.347. The number of aromatic nitrogens is 1. The number of nitrogens with one attached hydrogen (secondary N) is 2.